The predicted octanol–water partition coefficient (Wildman–Crippen LogP) is -3.53. The predicted molar refractivity (Wildman–Crippen MR) is 43.7 cm³/mol. The van der Waals surface area contributed by atoms with Crippen LogP contribution in [0.1, 0.15) is 20.8 Å². The van der Waals surface area contributed by atoms with Gasteiger partial charge in [-0.05, 0) is 20.8 Å². The van der Waals surface area contributed by atoms with Crippen LogP contribution in [-0.4, -0.2) is 34.4 Å². The summed E-state index contributed by atoms with van der Waals surface area (Å²) in [5, 5.41) is 26.7. The number of hydrogen-bond acceptors (Lipinski definition) is 6. The average Bonchev–Trinajstić information content (AvgIpc) is 1.86. The monoisotopic (exact) mass is 266 g/mol. The molecule has 0 N–H and O–H groups in total. The summed E-state index contributed by atoms with van der Waals surface area (Å²) in [4.78, 5) is 26.7. The third-order valence-corrected chi connectivity index (χ3v) is 0. The van der Waals surface area contributed by atoms with Gasteiger partial charge in [0.25, 0.3) is 0 Å². The van der Waals surface area contributed by atoms with Gasteiger partial charge in [-0.15, -0.1) is 0 Å². The molecule has 0 aliphatic heterocycles. The van der Waals surface area contributed by atoms with Crippen LogP contribution in [0.5, 0.6) is 0 Å². The Morgan fingerprint density at radius 2 is 0.714 bits per heavy atom. The molecule has 0 rings (SSSR count). The van der Waals surface area contributed by atoms with Gasteiger partial charge in [0.15, 0.2) is 0 Å². The van der Waals surface area contributed by atoms with Crippen LogP contribution in [0.3, 0.4) is 0 Å². The zero-order valence-electron chi connectivity index (χ0n) is 8.45. The molecular formula is C7H12GeO6. The molecule has 6 nitrogen and oxygen atoms in total. The van der Waals surface area contributed by atoms with Crippen molar-refractivity contribution in [2.75, 3.05) is 0 Å². The molecular weight excluding hydrogens is 253 g/mol. The molecule has 0 saturated heterocycles. The van der Waals surface area contributed by atoms with E-state index in [4.69, 9.17) is 29.7 Å². The molecule has 0 aromatic heterocycles. The number of aliphatic carboxylic acids is 3. The minimum atomic E-state index is -1.08. The van der Waals surface area contributed by atoms with Gasteiger partial charge >= 0.3 is 22.3 Å². The van der Waals surface area contributed by atoms with Gasteiger partial charge in [-0.2, -0.15) is 0 Å². The van der Waals surface area contributed by atoms with Crippen LogP contribution in [0.15, 0.2) is 0 Å². The van der Waals surface area contributed by atoms with E-state index in [2.05, 4.69) is 0 Å². The van der Waals surface area contributed by atoms with Gasteiger partial charge in [0.2, 0.25) is 0 Å². The molecule has 0 amide bonds. The van der Waals surface area contributed by atoms with Crippen LogP contribution in [0.4, 0.5) is 0 Å². The van der Waals surface area contributed by atoms with Crippen molar-refractivity contribution < 1.29 is 29.7 Å². The van der Waals surface area contributed by atoms with Crippen molar-refractivity contribution in [3.8, 4) is 0 Å². The Labute approximate surface area is 91.2 Å². The van der Waals surface area contributed by atoms with Crippen LogP contribution in [0, 0.1) is 0 Å². The second-order valence-electron chi connectivity index (χ2n) is 1.47. The Morgan fingerprint density at radius 3 is 0.714 bits per heavy atom. The van der Waals surface area contributed by atoms with Crippen molar-refractivity contribution in [2.24, 2.45) is 0 Å². The summed E-state index contributed by atoms with van der Waals surface area (Å²) in [6.45, 7) is 2.92. The molecule has 0 bridgehead atoms. The zero-order valence-corrected chi connectivity index (χ0v) is 10.5. The summed E-state index contributed by atoms with van der Waals surface area (Å²) in [5.41, 5.74) is 0. The van der Waals surface area contributed by atoms with Gasteiger partial charge in [0.05, 0.1) is 0 Å². The zero-order chi connectivity index (χ0) is 12.7. The molecule has 0 aromatic carbocycles. The first-order valence-corrected chi connectivity index (χ1v) is 5.32. The molecule has 0 atom stereocenters. The van der Waals surface area contributed by atoms with E-state index in [0.29, 0.717) is 0 Å². The van der Waals surface area contributed by atoms with Gasteiger partial charge in [-0.1, -0.05) is 0 Å². The fourth-order valence-electron chi connectivity index (χ4n) is 0. The summed E-state index contributed by atoms with van der Waals surface area (Å²) >= 11 is 2.00. The Hall–Kier alpha value is -1.05. The van der Waals surface area contributed by atoms with Crippen molar-refractivity contribution in [1.29, 1.82) is 0 Å². The molecule has 0 aliphatic carbocycles. The van der Waals surface area contributed by atoms with Crippen molar-refractivity contribution in [1.82, 2.24) is 0 Å². The molecule has 0 aromatic rings. The van der Waals surface area contributed by atoms with E-state index in [1.807, 2.05) is 22.3 Å². The summed E-state index contributed by atoms with van der Waals surface area (Å²) < 4.78 is 0. The molecule has 0 saturated carbocycles. The van der Waals surface area contributed by atoms with E-state index in [1.165, 1.54) is 0 Å². The third-order valence-electron chi connectivity index (χ3n) is 0. The van der Waals surface area contributed by atoms with Crippen LogP contribution in [0.2, 0.25) is 5.76 Å². The molecule has 0 spiro atoms. The molecule has 0 unspecified atom stereocenters. The summed E-state index contributed by atoms with van der Waals surface area (Å²) in [6, 6.07) is 0. The first kappa shape index (κ1) is 23.1. The molecule has 0 fully saturated rings. The van der Waals surface area contributed by atoms with Gasteiger partial charge < -0.3 is 29.7 Å². The van der Waals surface area contributed by atoms with E-state index < -0.39 is 17.9 Å². The van der Waals surface area contributed by atoms with E-state index in [0.717, 1.165) is 20.8 Å². The van der Waals surface area contributed by atoms with Crippen LogP contribution >= 0.6 is 0 Å². The normalized spacial score (nSPS) is 5.86. The quantitative estimate of drug-likeness (QED) is 0.418. The Kier molecular flexibility index (Phi) is 37.4. The second-order valence-corrected chi connectivity index (χ2v) is 1.47. The summed E-state index contributed by atoms with van der Waals surface area (Å²) in [7, 11) is 0. The second kappa shape index (κ2) is 22.7. The number of carboxylic acid groups (broad SMARTS) is 3. The van der Waals surface area contributed by atoms with Crippen molar-refractivity contribution in [3.63, 3.8) is 0 Å². The summed E-state index contributed by atoms with van der Waals surface area (Å²) in [6.07, 6.45) is 0. The number of rotatable bonds is 0. The topological polar surface area (TPSA) is 120 Å². The van der Waals surface area contributed by atoms with Crippen LogP contribution < -0.4 is 15.3 Å². The Balaban J connectivity index is -0.0000000492. The first-order valence-electron chi connectivity index (χ1n) is 3.22. The summed E-state index contributed by atoms with van der Waals surface area (Å²) in [5.74, 6) is -1.25. The van der Waals surface area contributed by atoms with E-state index in [9.17, 15) is 0 Å². The van der Waals surface area contributed by atoms with E-state index in [-0.39, 0.29) is 0 Å². The SMILES string of the molecule is CC(=O)[O-].CC(=O)[O-].CC(=O)[O-].[CH3][Ge+3]. The maximum atomic E-state index is 8.89. The molecule has 0 radical (unpaired) electrons. The van der Waals surface area contributed by atoms with Crippen LogP contribution in [0.25, 0.3) is 0 Å². The number of carbonyl (C=O) groups is 3. The molecule has 0 heterocycles. The molecule has 80 valence electrons. The number of carboxylic acids is 3. The maximum absolute atomic E-state index is 8.89. The van der Waals surface area contributed by atoms with Gasteiger partial charge in [-0.3, -0.25) is 0 Å². The van der Waals surface area contributed by atoms with Crippen LogP contribution in [-0.2, 0) is 14.4 Å². The van der Waals surface area contributed by atoms with Gasteiger partial charge in [0.1, 0.15) is 0 Å². The first-order chi connectivity index (χ1) is 6.20. The number of carbonyl (C=O) groups excluding carboxylic acids is 3. The Morgan fingerprint density at radius 1 is 0.714 bits per heavy atom. The number of hydrogen-bond donors (Lipinski definition) is 0. The molecule has 14 heavy (non-hydrogen) atoms. The average molecular weight is 265 g/mol. The Bertz CT molecular complexity index is 116. The van der Waals surface area contributed by atoms with Crippen molar-refractivity contribution >= 4 is 34.4 Å². The van der Waals surface area contributed by atoms with Crippen molar-refractivity contribution in [2.45, 2.75) is 26.5 Å². The van der Waals surface area contributed by atoms with Gasteiger partial charge in [-0.25, -0.2) is 0 Å². The molecule has 7 heteroatoms. The fraction of sp³-hybridized carbons (Fsp3) is 0.571. The van der Waals surface area contributed by atoms with Gasteiger partial charge in [0, 0.05) is 17.9 Å². The van der Waals surface area contributed by atoms with Crippen molar-refractivity contribution in [3.05, 3.63) is 0 Å². The van der Waals surface area contributed by atoms with E-state index >= 15 is 0 Å². The van der Waals surface area contributed by atoms with E-state index in [1.54, 1.807) is 0 Å². The minimum absolute atomic E-state index is 0.972. The fourth-order valence-corrected chi connectivity index (χ4v) is 0. The third kappa shape index (κ3) is 989. The molecule has 0 aliphatic rings. The standard InChI is InChI=1S/3C2H4O2.CH3Ge/c3*1-2(3)4;1-2/h3*1H3,(H,3,4);1H3/q;;;+3/p-3.